The van der Waals surface area contributed by atoms with E-state index in [0.29, 0.717) is 34.7 Å². The smallest absolute Gasteiger partial charge is 0.232 e. The molecule has 0 saturated heterocycles. The van der Waals surface area contributed by atoms with E-state index in [4.69, 9.17) is 9.47 Å². The second-order valence-electron chi connectivity index (χ2n) is 3.84. The number of nitrogens with one attached hydrogen (secondary N) is 1. The Morgan fingerprint density at radius 3 is 2.53 bits per heavy atom. The van der Waals surface area contributed by atoms with Gasteiger partial charge in [0.25, 0.3) is 0 Å². The lowest BCUT2D eigenvalue weighted by atomic mass is 10.3. The third-order valence-electron chi connectivity index (χ3n) is 2.26. The zero-order valence-corrected chi connectivity index (χ0v) is 13.6. The van der Waals surface area contributed by atoms with Crippen LogP contribution in [0.4, 0.5) is 5.69 Å². The molecule has 7 heteroatoms. The van der Waals surface area contributed by atoms with Gasteiger partial charge in [-0.05, 0) is 25.5 Å². The zero-order valence-electron chi connectivity index (χ0n) is 11.2. The van der Waals surface area contributed by atoms with Crippen LogP contribution in [0.15, 0.2) is 16.6 Å². The maximum absolute atomic E-state index is 11.8. The van der Waals surface area contributed by atoms with Gasteiger partial charge in [0.15, 0.2) is 11.5 Å². The minimum Gasteiger partial charge on any atom is -0.491 e. The average molecular weight is 352 g/mol. The van der Waals surface area contributed by atoms with Crippen LogP contribution in [-0.2, 0) is 10.0 Å². The van der Waals surface area contributed by atoms with E-state index >= 15 is 0 Å². The third kappa shape index (κ3) is 4.58. The van der Waals surface area contributed by atoms with E-state index < -0.39 is 10.0 Å². The molecule has 108 valence electrons. The van der Waals surface area contributed by atoms with Crippen molar-refractivity contribution in [3.63, 3.8) is 0 Å². The van der Waals surface area contributed by atoms with Crippen molar-refractivity contribution in [2.75, 3.05) is 24.2 Å². The van der Waals surface area contributed by atoms with E-state index in [2.05, 4.69) is 20.7 Å². The van der Waals surface area contributed by atoms with Crippen molar-refractivity contribution in [1.29, 1.82) is 0 Å². The Kier molecular flexibility index (Phi) is 5.93. The highest BCUT2D eigenvalue weighted by Crippen LogP contribution is 2.39. The molecule has 0 amide bonds. The van der Waals surface area contributed by atoms with E-state index in [9.17, 15) is 8.42 Å². The summed E-state index contributed by atoms with van der Waals surface area (Å²) in [6.07, 6.45) is 0.546. The molecule has 1 N–H and O–H groups in total. The largest absolute Gasteiger partial charge is 0.491 e. The fourth-order valence-corrected chi connectivity index (χ4v) is 3.17. The Morgan fingerprint density at radius 1 is 1.32 bits per heavy atom. The number of hydrogen-bond donors (Lipinski definition) is 1. The molecule has 0 atom stereocenters. The van der Waals surface area contributed by atoms with Gasteiger partial charge in [-0.25, -0.2) is 8.42 Å². The molecule has 1 rings (SSSR count). The number of anilines is 1. The maximum atomic E-state index is 11.8. The summed E-state index contributed by atoms with van der Waals surface area (Å²) < 4.78 is 37.6. The first kappa shape index (κ1) is 16.1. The molecule has 0 aromatic heterocycles. The Hall–Kier alpha value is -0.950. The molecule has 0 spiro atoms. The molecular formula is C12H18BrNO4S. The van der Waals surface area contributed by atoms with Crippen LogP contribution in [0.2, 0.25) is 0 Å². The highest BCUT2D eigenvalue weighted by Gasteiger charge is 2.17. The fourth-order valence-electron chi connectivity index (χ4n) is 1.60. The van der Waals surface area contributed by atoms with Gasteiger partial charge in [0.1, 0.15) is 0 Å². The maximum Gasteiger partial charge on any atom is 0.232 e. The monoisotopic (exact) mass is 351 g/mol. The molecule has 0 aliphatic carbocycles. The Balaban J connectivity index is 3.19. The summed E-state index contributed by atoms with van der Waals surface area (Å²) in [5, 5.41) is 0. The number of methoxy groups -OCH3 is 1. The summed E-state index contributed by atoms with van der Waals surface area (Å²) >= 11 is 3.32. The van der Waals surface area contributed by atoms with Gasteiger partial charge in [0.05, 0.1) is 25.2 Å². The average Bonchev–Trinajstić information content (AvgIpc) is 2.28. The number of sulfonamides is 1. The van der Waals surface area contributed by atoms with Gasteiger partial charge in [-0.2, -0.15) is 0 Å². The van der Waals surface area contributed by atoms with Crippen LogP contribution in [0.3, 0.4) is 0 Å². The van der Waals surface area contributed by atoms with E-state index in [0.717, 1.165) is 0 Å². The van der Waals surface area contributed by atoms with Crippen LogP contribution < -0.4 is 14.2 Å². The number of benzene rings is 1. The Bertz CT molecular complexity index is 531. The van der Waals surface area contributed by atoms with Gasteiger partial charge in [-0.3, -0.25) is 4.72 Å². The zero-order chi connectivity index (χ0) is 14.5. The molecule has 1 aromatic carbocycles. The number of ether oxygens (including phenoxy) is 2. The van der Waals surface area contributed by atoms with Gasteiger partial charge in [0.2, 0.25) is 10.0 Å². The number of hydrogen-bond acceptors (Lipinski definition) is 4. The van der Waals surface area contributed by atoms with E-state index in [-0.39, 0.29) is 5.75 Å². The summed E-state index contributed by atoms with van der Waals surface area (Å²) in [5.41, 5.74) is 0.369. The summed E-state index contributed by atoms with van der Waals surface area (Å²) in [5.74, 6) is 0.936. The van der Waals surface area contributed by atoms with Gasteiger partial charge in [-0.15, -0.1) is 0 Å². The predicted molar refractivity (Wildman–Crippen MR) is 79.6 cm³/mol. The van der Waals surface area contributed by atoms with Crippen LogP contribution >= 0.6 is 15.9 Å². The van der Waals surface area contributed by atoms with Crippen molar-refractivity contribution >= 4 is 31.6 Å². The van der Waals surface area contributed by atoms with Gasteiger partial charge in [0, 0.05) is 4.47 Å². The van der Waals surface area contributed by atoms with Gasteiger partial charge in [-0.1, -0.05) is 22.9 Å². The highest BCUT2D eigenvalue weighted by atomic mass is 79.9. The highest BCUT2D eigenvalue weighted by molar-refractivity contribution is 9.10. The standard InChI is InChI=1S/C12H18BrNO4S/c1-4-6-19(15,16)14-10-7-9(13)8-11(18-5-2)12(10)17-3/h7-8,14H,4-6H2,1-3H3. The normalized spacial score (nSPS) is 11.2. The van der Waals surface area contributed by atoms with Crippen molar-refractivity contribution < 1.29 is 17.9 Å². The summed E-state index contributed by atoms with van der Waals surface area (Å²) in [7, 11) is -1.90. The summed E-state index contributed by atoms with van der Waals surface area (Å²) in [6.45, 7) is 4.12. The van der Waals surface area contributed by atoms with Crippen molar-refractivity contribution in [3.05, 3.63) is 16.6 Å². The van der Waals surface area contributed by atoms with Crippen molar-refractivity contribution in [1.82, 2.24) is 0 Å². The van der Waals surface area contributed by atoms with E-state index in [1.165, 1.54) is 7.11 Å². The second kappa shape index (κ2) is 7.00. The van der Waals surface area contributed by atoms with Crippen LogP contribution in [0.5, 0.6) is 11.5 Å². The molecule has 0 radical (unpaired) electrons. The lowest BCUT2D eigenvalue weighted by Crippen LogP contribution is -2.17. The quantitative estimate of drug-likeness (QED) is 0.819. The second-order valence-corrected chi connectivity index (χ2v) is 6.60. The lowest BCUT2D eigenvalue weighted by Gasteiger charge is -2.15. The first-order valence-electron chi connectivity index (χ1n) is 5.94. The van der Waals surface area contributed by atoms with Crippen LogP contribution in [0.25, 0.3) is 0 Å². The Morgan fingerprint density at radius 2 is 2.00 bits per heavy atom. The predicted octanol–water partition coefficient (Wildman–Crippen LogP) is 3.01. The summed E-state index contributed by atoms with van der Waals surface area (Å²) in [4.78, 5) is 0. The van der Waals surface area contributed by atoms with E-state index in [1.54, 1.807) is 12.1 Å². The lowest BCUT2D eigenvalue weighted by molar-refractivity contribution is 0.311. The molecule has 0 heterocycles. The molecule has 0 saturated carbocycles. The summed E-state index contributed by atoms with van der Waals surface area (Å²) in [6, 6.07) is 3.38. The van der Waals surface area contributed by atoms with Crippen molar-refractivity contribution in [2.24, 2.45) is 0 Å². The minimum atomic E-state index is -3.37. The molecular weight excluding hydrogens is 334 g/mol. The SMILES string of the molecule is CCCS(=O)(=O)Nc1cc(Br)cc(OCC)c1OC. The van der Waals surface area contributed by atoms with Crippen molar-refractivity contribution in [3.8, 4) is 11.5 Å². The molecule has 0 bridgehead atoms. The van der Waals surface area contributed by atoms with Crippen LogP contribution in [0, 0.1) is 0 Å². The van der Waals surface area contributed by atoms with Gasteiger partial charge < -0.3 is 9.47 Å². The minimum absolute atomic E-state index is 0.0621. The molecule has 0 aliphatic heterocycles. The number of halogens is 1. The number of rotatable bonds is 7. The van der Waals surface area contributed by atoms with Crippen molar-refractivity contribution in [2.45, 2.75) is 20.3 Å². The molecule has 0 fully saturated rings. The first-order valence-corrected chi connectivity index (χ1v) is 8.38. The molecule has 1 aromatic rings. The topological polar surface area (TPSA) is 64.6 Å². The molecule has 5 nitrogen and oxygen atoms in total. The van der Waals surface area contributed by atoms with Crippen LogP contribution in [-0.4, -0.2) is 27.9 Å². The third-order valence-corrected chi connectivity index (χ3v) is 4.20. The van der Waals surface area contributed by atoms with Gasteiger partial charge >= 0.3 is 0 Å². The molecule has 19 heavy (non-hydrogen) atoms. The Labute approximate surface area is 122 Å². The fraction of sp³-hybridized carbons (Fsp3) is 0.500. The van der Waals surface area contributed by atoms with E-state index in [1.807, 2.05) is 13.8 Å². The molecule has 0 aliphatic rings. The van der Waals surface area contributed by atoms with Crippen LogP contribution in [0.1, 0.15) is 20.3 Å². The first-order chi connectivity index (χ1) is 8.93. The molecule has 0 unspecified atom stereocenters.